The predicted molar refractivity (Wildman–Crippen MR) is 114 cm³/mol. The van der Waals surface area contributed by atoms with E-state index < -0.39 is 17.2 Å². The molecular weight excluding hydrogens is 416 g/mol. The van der Waals surface area contributed by atoms with Crippen LogP contribution in [0.5, 0.6) is 0 Å². The van der Waals surface area contributed by atoms with Gasteiger partial charge in [-0.25, -0.2) is 23.1 Å². The van der Waals surface area contributed by atoms with E-state index in [1.54, 1.807) is 6.20 Å². The molecule has 0 saturated carbocycles. The first-order valence-corrected chi connectivity index (χ1v) is 11.1. The van der Waals surface area contributed by atoms with Crippen LogP contribution in [-0.4, -0.2) is 38.2 Å². The third-order valence-corrected chi connectivity index (χ3v) is 6.32. The predicted octanol–water partition coefficient (Wildman–Crippen LogP) is 4.07. The topological polar surface area (TPSA) is 63.1 Å². The summed E-state index contributed by atoms with van der Waals surface area (Å²) in [5, 5.41) is 1.05. The smallest absolute Gasteiger partial charge is 0.260 e. The minimum atomic E-state index is -0.796. The Balaban J connectivity index is 1.79. The Bertz CT molecular complexity index is 1130. The number of nitrogens with one attached hydrogen (secondary N) is 1. The van der Waals surface area contributed by atoms with E-state index in [0.717, 1.165) is 25.9 Å². The Morgan fingerprint density at radius 1 is 1.21 bits per heavy atom. The van der Waals surface area contributed by atoms with E-state index in [9.17, 15) is 9.18 Å². The van der Waals surface area contributed by atoms with Crippen LogP contribution < -0.4 is 10.3 Å². The SMILES string of the molecule is CSc1ncc2cc(-c3c(F)ccc(NSN4CCCC4)c3F)c(=O)n(C)c2n1. The lowest BCUT2D eigenvalue weighted by Crippen LogP contribution is -2.21. The highest BCUT2D eigenvalue weighted by Gasteiger charge is 2.21. The minimum Gasteiger partial charge on any atom is -0.314 e. The highest BCUT2D eigenvalue weighted by Crippen LogP contribution is 2.32. The molecule has 1 saturated heterocycles. The molecule has 29 heavy (non-hydrogen) atoms. The molecule has 0 unspecified atom stereocenters. The van der Waals surface area contributed by atoms with Gasteiger partial charge in [0.2, 0.25) is 0 Å². The van der Waals surface area contributed by atoms with E-state index in [1.807, 2.05) is 6.26 Å². The lowest BCUT2D eigenvalue weighted by Gasteiger charge is -2.16. The van der Waals surface area contributed by atoms with Crippen LogP contribution in [-0.2, 0) is 7.05 Å². The van der Waals surface area contributed by atoms with Crippen LogP contribution in [0, 0.1) is 11.6 Å². The van der Waals surface area contributed by atoms with Gasteiger partial charge in [0.1, 0.15) is 11.5 Å². The van der Waals surface area contributed by atoms with Crippen molar-refractivity contribution in [2.75, 3.05) is 24.1 Å². The fourth-order valence-corrected chi connectivity index (χ4v) is 4.44. The highest BCUT2D eigenvalue weighted by molar-refractivity contribution is 7.98. The second-order valence-corrected chi connectivity index (χ2v) is 8.35. The molecule has 1 aliphatic rings. The largest absolute Gasteiger partial charge is 0.314 e. The van der Waals surface area contributed by atoms with Crippen molar-refractivity contribution in [2.45, 2.75) is 18.0 Å². The Kier molecular flexibility index (Phi) is 5.75. The third kappa shape index (κ3) is 3.84. The quantitative estimate of drug-likeness (QED) is 0.368. The maximum absolute atomic E-state index is 15.2. The van der Waals surface area contributed by atoms with E-state index in [4.69, 9.17) is 0 Å². The normalized spacial score (nSPS) is 14.6. The van der Waals surface area contributed by atoms with Crippen molar-refractivity contribution in [3.05, 3.63) is 46.4 Å². The maximum Gasteiger partial charge on any atom is 0.260 e. The summed E-state index contributed by atoms with van der Waals surface area (Å²) in [4.78, 5) is 21.4. The van der Waals surface area contributed by atoms with Gasteiger partial charge < -0.3 is 4.72 Å². The maximum atomic E-state index is 15.2. The van der Waals surface area contributed by atoms with Crippen LogP contribution in [0.15, 0.2) is 34.3 Å². The van der Waals surface area contributed by atoms with Crippen molar-refractivity contribution < 1.29 is 8.78 Å². The fourth-order valence-electron chi connectivity index (χ4n) is 3.28. The van der Waals surface area contributed by atoms with E-state index in [1.165, 1.54) is 53.7 Å². The molecule has 1 N–H and O–H groups in total. The minimum absolute atomic E-state index is 0.0645. The number of pyridine rings is 1. The van der Waals surface area contributed by atoms with Crippen molar-refractivity contribution in [3.63, 3.8) is 0 Å². The number of anilines is 1. The number of aromatic nitrogens is 3. The van der Waals surface area contributed by atoms with E-state index in [2.05, 4.69) is 19.0 Å². The Morgan fingerprint density at radius 2 is 1.97 bits per heavy atom. The monoisotopic (exact) mass is 435 g/mol. The molecule has 1 aromatic carbocycles. The Labute approximate surface area is 175 Å². The molecular formula is C19H19F2N5OS2. The lowest BCUT2D eigenvalue weighted by atomic mass is 10.0. The van der Waals surface area contributed by atoms with Crippen LogP contribution >= 0.6 is 23.9 Å². The Hall–Kier alpha value is -2.17. The standard InChI is InChI=1S/C19H19F2N5OS2/c1-25-17-11(10-22-19(23-17)28-2)9-12(18(25)27)15-13(20)5-6-14(16(15)21)24-29-26-7-3-4-8-26/h5-6,9-10,24H,3-4,7-8H2,1-2H3. The van der Waals surface area contributed by atoms with Gasteiger partial charge in [-0.3, -0.25) is 9.36 Å². The average Bonchev–Trinajstić information content (AvgIpc) is 3.24. The van der Waals surface area contributed by atoms with Crippen LogP contribution in [0.4, 0.5) is 14.5 Å². The van der Waals surface area contributed by atoms with Gasteiger partial charge in [0, 0.05) is 43.9 Å². The summed E-state index contributed by atoms with van der Waals surface area (Å²) in [5.41, 5.74) is -0.392. The number of aryl methyl sites for hydroxylation is 1. The molecule has 3 heterocycles. The van der Waals surface area contributed by atoms with Crippen molar-refractivity contribution in [1.29, 1.82) is 0 Å². The molecule has 3 aromatic rings. The van der Waals surface area contributed by atoms with Crippen LogP contribution in [0.2, 0.25) is 0 Å². The molecule has 0 atom stereocenters. The molecule has 4 rings (SSSR count). The summed E-state index contributed by atoms with van der Waals surface area (Å²) >= 11 is 2.64. The summed E-state index contributed by atoms with van der Waals surface area (Å²) in [6, 6.07) is 3.96. The van der Waals surface area contributed by atoms with Crippen molar-refractivity contribution in [3.8, 4) is 11.1 Å². The molecule has 0 amide bonds. The van der Waals surface area contributed by atoms with Crippen LogP contribution in [0.3, 0.4) is 0 Å². The zero-order chi connectivity index (χ0) is 20.5. The summed E-state index contributed by atoms with van der Waals surface area (Å²) in [6.45, 7) is 1.83. The van der Waals surface area contributed by atoms with E-state index in [0.29, 0.717) is 16.2 Å². The van der Waals surface area contributed by atoms with Crippen molar-refractivity contribution >= 4 is 40.6 Å². The van der Waals surface area contributed by atoms with Gasteiger partial charge in [0.05, 0.1) is 16.8 Å². The number of thioether (sulfide) groups is 1. The molecule has 2 aromatic heterocycles. The molecule has 0 aliphatic carbocycles. The van der Waals surface area contributed by atoms with Crippen molar-refractivity contribution in [2.24, 2.45) is 7.05 Å². The number of nitrogens with zero attached hydrogens (tertiary/aromatic N) is 4. The van der Waals surface area contributed by atoms with Gasteiger partial charge in [0.25, 0.3) is 5.56 Å². The number of hydrogen-bond acceptors (Lipinski definition) is 7. The molecule has 10 heteroatoms. The Morgan fingerprint density at radius 3 is 2.69 bits per heavy atom. The second kappa shape index (κ2) is 8.29. The van der Waals surface area contributed by atoms with Gasteiger partial charge >= 0.3 is 0 Å². The summed E-state index contributed by atoms with van der Waals surface area (Å²) in [7, 11) is 1.53. The van der Waals surface area contributed by atoms with Crippen LogP contribution in [0.25, 0.3) is 22.2 Å². The third-order valence-electron chi connectivity index (χ3n) is 4.82. The fraction of sp³-hybridized carbons (Fsp3) is 0.316. The highest BCUT2D eigenvalue weighted by atomic mass is 32.2. The molecule has 152 valence electrons. The van der Waals surface area contributed by atoms with E-state index >= 15 is 4.39 Å². The molecule has 1 aliphatic heterocycles. The second-order valence-electron chi connectivity index (χ2n) is 6.67. The number of rotatable bonds is 5. The average molecular weight is 436 g/mol. The lowest BCUT2D eigenvalue weighted by molar-refractivity contribution is 0.585. The summed E-state index contributed by atoms with van der Waals surface area (Å²) in [6.07, 6.45) is 5.58. The number of hydrogen-bond donors (Lipinski definition) is 1. The van der Waals surface area contributed by atoms with Gasteiger partial charge in [-0.05, 0) is 37.3 Å². The summed E-state index contributed by atoms with van der Waals surface area (Å²) < 4.78 is 36.1. The zero-order valence-electron chi connectivity index (χ0n) is 15.9. The molecule has 1 fully saturated rings. The molecule has 6 nitrogen and oxygen atoms in total. The van der Waals surface area contributed by atoms with E-state index in [-0.39, 0.29) is 16.8 Å². The molecule has 0 spiro atoms. The van der Waals surface area contributed by atoms with Gasteiger partial charge in [-0.2, -0.15) is 0 Å². The van der Waals surface area contributed by atoms with Gasteiger partial charge in [-0.15, -0.1) is 0 Å². The van der Waals surface area contributed by atoms with Gasteiger partial charge in [0.15, 0.2) is 11.0 Å². The summed E-state index contributed by atoms with van der Waals surface area (Å²) in [5.74, 6) is -1.59. The number of halogens is 2. The first kappa shape index (κ1) is 20.1. The van der Waals surface area contributed by atoms with Crippen LogP contribution in [0.1, 0.15) is 12.8 Å². The molecule has 0 bridgehead atoms. The van der Waals surface area contributed by atoms with Crippen molar-refractivity contribution in [1.82, 2.24) is 18.8 Å². The number of fused-ring (bicyclic) bond motifs is 1. The molecule has 0 radical (unpaired) electrons. The van der Waals surface area contributed by atoms with Gasteiger partial charge in [-0.1, -0.05) is 11.8 Å². The first-order chi connectivity index (χ1) is 14.0. The zero-order valence-corrected chi connectivity index (χ0v) is 17.5. The number of benzene rings is 1. The first-order valence-electron chi connectivity index (χ1n) is 9.06.